The van der Waals surface area contributed by atoms with Crippen LogP contribution in [-0.2, 0) is 19.7 Å². The molecule has 0 saturated carbocycles. The number of rotatable bonds is 4. The lowest BCUT2D eigenvalue weighted by Gasteiger charge is -2.13. The molecule has 2 aromatic carbocycles. The van der Waals surface area contributed by atoms with E-state index in [2.05, 4.69) is 0 Å². The van der Waals surface area contributed by atoms with Crippen LogP contribution in [0.4, 0.5) is 0 Å². The van der Waals surface area contributed by atoms with Crippen molar-refractivity contribution >= 4 is 42.9 Å². The average molecular weight is 483 g/mol. The fourth-order valence-corrected chi connectivity index (χ4v) is 5.91. The molecule has 0 atom stereocenters. The van der Waals surface area contributed by atoms with Crippen molar-refractivity contribution in [1.82, 2.24) is 0 Å². The summed E-state index contributed by atoms with van der Waals surface area (Å²) in [7, 11) is -8.95. The fraction of sp³-hybridized carbons (Fsp3) is 0.0526. The fourth-order valence-electron chi connectivity index (χ4n) is 2.71. The molecule has 0 unspecified atom stereocenters. The highest BCUT2D eigenvalue weighted by molar-refractivity contribution is 7.92. The number of pyridine rings is 1. The van der Waals surface area contributed by atoms with Gasteiger partial charge in [-0.1, -0.05) is 23.2 Å². The molecule has 7 nitrogen and oxygen atoms in total. The van der Waals surface area contributed by atoms with Crippen LogP contribution in [0.3, 0.4) is 0 Å². The number of aromatic nitrogens is 1. The van der Waals surface area contributed by atoms with Gasteiger partial charge >= 0.3 is 10.1 Å². The van der Waals surface area contributed by atoms with Gasteiger partial charge in [0.15, 0.2) is 0 Å². The standard InChI is InChI=1S/C19H12Cl2N2O5S2/c1-12-10-18(29(25,26)15-6-2-13(20)3-7-15)23(24)19(17(12)11-22)30(27,28)16-8-4-14(21)5-9-16/h2-10H,1H3. The topological polar surface area (TPSA) is 119 Å². The van der Waals surface area contributed by atoms with Crippen molar-refractivity contribution in [3.63, 3.8) is 0 Å². The smallest absolute Gasteiger partial charge is 0.332 e. The van der Waals surface area contributed by atoms with Gasteiger partial charge < -0.3 is 5.21 Å². The van der Waals surface area contributed by atoms with E-state index in [0.29, 0.717) is 0 Å². The molecule has 1 aromatic heterocycles. The summed E-state index contributed by atoms with van der Waals surface area (Å²) < 4.78 is 52.1. The van der Waals surface area contributed by atoms with Gasteiger partial charge in [-0.15, -0.1) is 4.73 Å². The minimum atomic E-state index is -4.54. The third-order valence-electron chi connectivity index (χ3n) is 4.22. The highest BCUT2D eigenvalue weighted by Gasteiger charge is 2.38. The van der Waals surface area contributed by atoms with Crippen LogP contribution in [0.2, 0.25) is 10.0 Å². The molecule has 154 valence electrons. The largest absolute Gasteiger partial charge is 0.617 e. The molecule has 0 amide bonds. The van der Waals surface area contributed by atoms with Crippen LogP contribution in [0.1, 0.15) is 11.1 Å². The lowest BCUT2D eigenvalue weighted by Crippen LogP contribution is -2.41. The zero-order valence-electron chi connectivity index (χ0n) is 15.2. The maximum absolute atomic E-state index is 13.1. The van der Waals surface area contributed by atoms with E-state index < -0.39 is 35.3 Å². The summed E-state index contributed by atoms with van der Waals surface area (Å²) in [5.74, 6) is 0. The monoisotopic (exact) mass is 482 g/mol. The Kier molecular flexibility index (Phi) is 5.80. The van der Waals surface area contributed by atoms with Crippen LogP contribution < -0.4 is 4.73 Å². The molecular formula is C19H12Cl2N2O5S2. The number of sulfone groups is 2. The number of aryl methyl sites for hydroxylation is 1. The maximum Gasteiger partial charge on any atom is 0.332 e. The molecule has 0 aliphatic heterocycles. The Morgan fingerprint density at radius 3 is 1.73 bits per heavy atom. The first-order valence-electron chi connectivity index (χ1n) is 8.18. The van der Waals surface area contributed by atoms with Crippen LogP contribution in [0.15, 0.2) is 74.4 Å². The highest BCUT2D eigenvalue weighted by Crippen LogP contribution is 2.28. The number of nitriles is 1. The van der Waals surface area contributed by atoms with E-state index in [1.165, 1.54) is 43.3 Å². The first kappa shape index (κ1) is 22.1. The zero-order chi connectivity index (χ0) is 22.3. The van der Waals surface area contributed by atoms with Gasteiger partial charge in [0.05, 0.1) is 9.79 Å². The SMILES string of the molecule is Cc1cc(S(=O)(=O)c2ccc(Cl)cc2)[n+]([O-])c(S(=O)(=O)c2ccc(Cl)cc2)c1C#N. The third kappa shape index (κ3) is 3.75. The van der Waals surface area contributed by atoms with Crippen LogP contribution in [0.5, 0.6) is 0 Å². The van der Waals surface area contributed by atoms with Crippen molar-refractivity contribution in [1.29, 1.82) is 5.26 Å². The maximum atomic E-state index is 13.1. The van der Waals surface area contributed by atoms with Crippen molar-refractivity contribution in [2.24, 2.45) is 0 Å². The van der Waals surface area contributed by atoms with Gasteiger partial charge in [0, 0.05) is 16.1 Å². The summed E-state index contributed by atoms with van der Waals surface area (Å²) in [6.45, 7) is 1.35. The second-order valence-electron chi connectivity index (χ2n) is 6.17. The van der Waals surface area contributed by atoms with Crippen LogP contribution in [0.25, 0.3) is 0 Å². The first-order chi connectivity index (χ1) is 14.0. The minimum absolute atomic E-state index is 0.0182. The Balaban J connectivity index is 2.35. The van der Waals surface area contributed by atoms with Gasteiger partial charge in [0.1, 0.15) is 11.6 Å². The van der Waals surface area contributed by atoms with Gasteiger partial charge in [-0.05, 0) is 61.0 Å². The van der Waals surface area contributed by atoms with E-state index in [0.717, 1.165) is 18.2 Å². The van der Waals surface area contributed by atoms with E-state index in [-0.39, 0.29) is 30.1 Å². The quantitative estimate of drug-likeness (QED) is 0.414. The molecule has 3 rings (SSSR count). The lowest BCUT2D eigenvalue weighted by atomic mass is 10.2. The Hall–Kier alpha value is -2.64. The summed E-state index contributed by atoms with van der Waals surface area (Å²) in [4.78, 5) is -0.566. The zero-order valence-corrected chi connectivity index (χ0v) is 18.3. The molecule has 30 heavy (non-hydrogen) atoms. The molecule has 0 saturated heterocycles. The van der Waals surface area contributed by atoms with Crippen molar-refractivity contribution < 1.29 is 21.6 Å². The second-order valence-corrected chi connectivity index (χ2v) is 10.8. The van der Waals surface area contributed by atoms with Gasteiger partial charge in [0.25, 0.3) is 19.7 Å². The Labute approximate surface area is 183 Å². The molecule has 11 heteroatoms. The normalized spacial score (nSPS) is 11.8. The summed E-state index contributed by atoms with van der Waals surface area (Å²) in [5.41, 5.74) is -0.431. The van der Waals surface area contributed by atoms with Crippen LogP contribution in [-0.4, -0.2) is 16.8 Å². The number of hydrogen-bond donors (Lipinski definition) is 0. The number of halogens is 2. The lowest BCUT2D eigenvalue weighted by molar-refractivity contribution is -0.686. The van der Waals surface area contributed by atoms with Crippen LogP contribution in [0, 0.1) is 23.5 Å². The first-order valence-corrected chi connectivity index (χ1v) is 11.9. The van der Waals surface area contributed by atoms with Crippen LogP contribution >= 0.6 is 23.2 Å². The molecular weight excluding hydrogens is 471 g/mol. The number of benzene rings is 2. The van der Waals surface area contributed by atoms with Crippen molar-refractivity contribution in [3.05, 3.63) is 81.0 Å². The molecule has 0 bridgehead atoms. The highest BCUT2D eigenvalue weighted by atomic mass is 35.5. The summed E-state index contributed by atoms with van der Waals surface area (Å²) in [5, 5.41) is 21.2. The Morgan fingerprint density at radius 1 is 0.867 bits per heavy atom. The van der Waals surface area contributed by atoms with Gasteiger partial charge in [-0.3, -0.25) is 0 Å². The van der Waals surface area contributed by atoms with Crippen molar-refractivity contribution in [3.8, 4) is 6.07 Å². The van der Waals surface area contributed by atoms with E-state index in [9.17, 15) is 27.3 Å². The Morgan fingerprint density at radius 2 is 1.30 bits per heavy atom. The molecule has 0 N–H and O–H groups in total. The van der Waals surface area contributed by atoms with Gasteiger partial charge in [0.2, 0.25) is 0 Å². The molecule has 0 radical (unpaired) electrons. The van der Waals surface area contributed by atoms with Crippen molar-refractivity contribution in [2.45, 2.75) is 26.8 Å². The summed E-state index contributed by atoms with van der Waals surface area (Å²) >= 11 is 11.6. The van der Waals surface area contributed by atoms with Crippen molar-refractivity contribution in [2.75, 3.05) is 0 Å². The molecule has 0 aliphatic rings. The minimum Gasteiger partial charge on any atom is -0.617 e. The number of hydrogen-bond acceptors (Lipinski definition) is 6. The van der Waals surface area contributed by atoms with E-state index in [1.54, 1.807) is 6.07 Å². The predicted octanol–water partition coefficient (Wildman–Crippen LogP) is 3.47. The average Bonchev–Trinajstić information content (AvgIpc) is 2.69. The molecule has 3 aromatic rings. The van der Waals surface area contributed by atoms with E-state index in [1.807, 2.05) is 0 Å². The van der Waals surface area contributed by atoms with Gasteiger partial charge in [-0.2, -0.15) is 5.26 Å². The molecule has 0 aliphatic carbocycles. The summed E-state index contributed by atoms with van der Waals surface area (Å²) in [6.07, 6.45) is 0. The Bertz CT molecular complexity index is 1400. The number of nitrogens with zero attached hydrogens (tertiary/aromatic N) is 2. The third-order valence-corrected chi connectivity index (χ3v) is 8.23. The van der Waals surface area contributed by atoms with Gasteiger partial charge in [-0.25, -0.2) is 16.8 Å². The summed E-state index contributed by atoms with van der Waals surface area (Å²) in [6, 6.07) is 12.6. The molecule has 0 spiro atoms. The predicted molar refractivity (Wildman–Crippen MR) is 109 cm³/mol. The molecule has 1 heterocycles. The van der Waals surface area contributed by atoms with E-state index >= 15 is 0 Å². The van der Waals surface area contributed by atoms with E-state index in [4.69, 9.17) is 23.2 Å². The second kappa shape index (κ2) is 7.89. The molecule has 0 fully saturated rings.